The van der Waals surface area contributed by atoms with E-state index in [2.05, 4.69) is 4.89 Å². The molecule has 0 aromatic heterocycles. The minimum Gasteiger partial charge on any atom is -0.481 e. The van der Waals surface area contributed by atoms with E-state index in [0.717, 1.165) is 25.7 Å². The number of hydrogen-bond donors (Lipinski definition) is 2. The van der Waals surface area contributed by atoms with Gasteiger partial charge in [0.1, 0.15) is 17.8 Å². The molecule has 0 bridgehead atoms. The van der Waals surface area contributed by atoms with Gasteiger partial charge in [-0.3, -0.25) is 19.3 Å². The molecule has 10 nitrogen and oxygen atoms in total. The van der Waals surface area contributed by atoms with Crippen molar-refractivity contribution in [2.45, 2.75) is 96.4 Å². The van der Waals surface area contributed by atoms with Crippen LogP contribution in [0, 0.1) is 17.8 Å². The third-order valence-electron chi connectivity index (χ3n) is 6.11. The SMILES string of the molecule is CC(CC(C)(C)OC(=O)C1CCCCC1OOC(=O)O)OC(=O)C1CCCCC1C(=O)O. The summed E-state index contributed by atoms with van der Waals surface area (Å²) >= 11 is 0. The largest absolute Gasteiger partial charge is 0.537 e. The van der Waals surface area contributed by atoms with E-state index in [-0.39, 0.29) is 6.42 Å². The predicted octanol–water partition coefficient (Wildman–Crippen LogP) is 3.71. The van der Waals surface area contributed by atoms with E-state index in [9.17, 15) is 24.3 Å². The fourth-order valence-electron chi connectivity index (χ4n) is 4.70. The van der Waals surface area contributed by atoms with Gasteiger partial charge in [0.05, 0.1) is 17.8 Å². The molecule has 0 aliphatic heterocycles. The van der Waals surface area contributed by atoms with Crippen LogP contribution in [0.3, 0.4) is 0 Å². The molecule has 5 atom stereocenters. The third-order valence-corrected chi connectivity index (χ3v) is 6.11. The first kappa shape index (κ1) is 25.9. The van der Waals surface area contributed by atoms with E-state index in [1.165, 1.54) is 0 Å². The van der Waals surface area contributed by atoms with Gasteiger partial charge < -0.3 is 19.7 Å². The summed E-state index contributed by atoms with van der Waals surface area (Å²) in [5.74, 6) is -4.08. The van der Waals surface area contributed by atoms with E-state index < -0.39 is 59.6 Å². The second-order valence-electron chi connectivity index (χ2n) is 9.34. The van der Waals surface area contributed by atoms with Gasteiger partial charge in [-0.05, 0) is 46.5 Å². The van der Waals surface area contributed by atoms with Gasteiger partial charge in [-0.1, -0.05) is 25.7 Å². The molecule has 0 amide bonds. The van der Waals surface area contributed by atoms with Gasteiger partial charge in [0.25, 0.3) is 0 Å². The van der Waals surface area contributed by atoms with Crippen molar-refractivity contribution >= 4 is 24.1 Å². The average molecular weight is 459 g/mol. The van der Waals surface area contributed by atoms with Crippen molar-refractivity contribution in [2.75, 3.05) is 0 Å². The molecule has 5 unspecified atom stereocenters. The molecule has 0 saturated heterocycles. The molecule has 0 aromatic rings. The maximum atomic E-state index is 12.8. The van der Waals surface area contributed by atoms with Gasteiger partial charge >= 0.3 is 24.1 Å². The molecule has 0 aromatic carbocycles. The zero-order chi connectivity index (χ0) is 23.9. The molecular weight excluding hydrogens is 424 g/mol. The molecule has 2 N–H and O–H groups in total. The first-order valence-corrected chi connectivity index (χ1v) is 11.2. The topological polar surface area (TPSA) is 146 Å². The number of rotatable bonds is 9. The number of ether oxygens (including phenoxy) is 2. The van der Waals surface area contributed by atoms with Crippen LogP contribution in [0.1, 0.15) is 78.6 Å². The molecule has 32 heavy (non-hydrogen) atoms. The highest BCUT2D eigenvalue weighted by atomic mass is 17.2. The Kier molecular flexibility index (Phi) is 9.30. The summed E-state index contributed by atoms with van der Waals surface area (Å²) in [4.78, 5) is 56.5. The van der Waals surface area contributed by atoms with Crippen LogP contribution in [0.15, 0.2) is 0 Å². The molecule has 2 saturated carbocycles. The smallest absolute Gasteiger partial charge is 0.481 e. The Bertz CT molecular complexity index is 688. The summed E-state index contributed by atoms with van der Waals surface area (Å²) in [6, 6.07) is 0. The van der Waals surface area contributed by atoms with E-state index >= 15 is 0 Å². The van der Waals surface area contributed by atoms with Crippen molar-refractivity contribution in [2.24, 2.45) is 17.8 Å². The monoisotopic (exact) mass is 458 g/mol. The maximum Gasteiger partial charge on any atom is 0.537 e. The van der Waals surface area contributed by atoms with Crippen LogP contribution in [-0.2, 0) is 33.6 Å². The van der Waals surface area contributed by atoms with Crippen molar-refractivity contribution in [1.29, 1.82) is 0 Å². The Morgan fingerprint density at radius 2 is 1.44 bits per heavy atom. The molecule has 2 fully saturated rings. The van der Waals surface area contributed by atoms with Crippen LogP contribution in [0.2, 0.25) is 0 Å². The zero-order valence-electron chi connectivity index (χ0n) is 18.9. The second-order valence-corrected chi connectivity index (χ2v) is 9.34. The molecule has 2 aliphatic carbocycles. The summed E-state index contributed by atoms with van der Waals surface area (Å²) < 4.78 is 11.2. The first-order chi connectivity index (χ1) is 15.0. The van der Waals surface area contributed by atoms with Gasteiger partial charge in [0.2, 0.25) is 0 Å². The van der Waals surface area contributed by atoms with Crippen molar-refractivity contribution in [1.82, 2.24) is 0 Å². The van der Waals surface area contributed by atoms with E-state index in [1.54, 1.807) is 20.8 Å². The second kappa shape index (κ2) is 11.5. The van der Waals surface area contributed by atoms with Crippen molar-refractivity contribution in [3.8, 4) is 0 Å². The number of carboxylic acids is 1. The van der Waals surface area contributed by atoms with Crippen LogP contribution < -0.4 is 0 Å². The fraction of sp³-hybridized carbons (Fsp3) is 0.818. The number of esters is 2. The summed E-state index contributed by atoms with van der Waals surface area (Å²) in [6.45, 7) is 5.07. The summed E-state index contributed by atoms with van der Waals surface area (Å²) in [6.07, 6.45) is 2.40. The van der Waals surface area contributed by atoms with Gasteiger partial charge in [0.15, 0.2) is 0 Å². The quantitative estimate of drug-likeness (QED) is 0.298. The third kappa shape index (κ3) is 7.65. The van der Waals surface area contributed by atoms with Gasteiger partial charge in [-0.2, -0.15) is 4.89 Å². The number of hydrogen-bond acceptors (Lipinski definition) is 8. The van der Waals surface area contributed by atoms with E-state index in [4.69, 9.17) is 19.5 Å². The molecule has 2 aliphatic rings. The molecule has 0 spiro atoms. The van der Waals surface area contributed by atoms with Crippen molar-refractivity contribution in [3.05, 3.63) is 0 Å². The van der Waals surface area contributed by atoms with E-state index in [1.807, 2.05) is 0 Å². The molecule has 182 valence electrons. The number of carbonyl (C=O) groups is 4. The van der Waals surface area contributed by atoms with Crippen molar-refractivity contribution < 1.29 is 48.6 Å². The standard InChI is InChI=1S/C22H34O10/c1-13(29-19(25)15-9-5-4-8-14(15)18(23)24)12-22(2,3)30-20(26)16-10-6-7-11-17(16)31-32-21(27)28/h13-17H,4-12H2,1-3H3,(H,23,24)(H,27,28). The lowest BCUT2D eigenvalue weighted by molar-refractivity contribution is -0.298. The normalized spacial score (nSPS) is 27.1. The Morgan fingerprint density at radius 1 is 0.875 bits per heavy atom. The highest BCUT2D eigenvalue weighted by molar-refractivity contribution is 5.81. The minimum absolute atomic E-state index is 0.221. The van der Waals surface area contributed by atoms with Crippen LogP contribution in [0.25, 0.3) is 0 Å². The molecule has 0 heterocycles. The number of carbonyl (C=O) groups excluding carboxylic acids is 2. The molecule has 0 radical (unpaired) electrons. The maximum absolute atomic E-state index is 12.8. The average Bonchev–Trinajstić information content (AvgIpc) is 2.71. The lowest BCUT2D eigenvalue weighted by atomic mass is 9.79. The Labute approximate surface area is 187 Å². The predicted molar refractivity (Wildman–Crippen MR) is 109 cm³/mol. The van der Waals surface area contributed by atoms with Crippen molar-refractivity contribution in [3.63, 3.8) is 0 Å². The van der Waals surface area contributed by atoms with Gasteiger partial charge in [0, 0.05) is 6.42 Å². The Hall–Kier alpha value is -2.36. The highest BCUT2D eigenvalue weighted by Crippen LogP contribution is 2.33. The van der Waals surface area contributed by atoms with Crippen LogP contribution in [0.4, 0.5) is 4.79 Å². The first-order valence-electron chi connectivity index (χ1n) is 11.2. The number of carboxylic acid groups (broad SMARTS) is 2. The molecular formula is C22H34O10. The number of aliphatic carboxylic acids is 1. The van der Waals surface area contributed by atoms with Gasteiger partial charge in [-0.15, -0.1) is 0 Å². The van der Waals surface area contributed by atoms with Crippen LogP contribution >= 0.6 is 0 Å². The Balaban J connectivity index is 1.90. The van der Waals surface area contributed by atoms with Crippen LogP contribution in [0.5, 0.6) is 0 Å². The minimum atomic E-state index is -1.58. The summed E-state index contributed by atoms with van der Waals surface area (Å²) in [5.41, 5.74) is -0.967. The lowest BCUT2D eigenvalue weighted by Crippen LogP contribution is -2.41. The lowest BCUT2D eigenvalue weighted by Gasteiger charge is -2.34. The van der Waals surface area contributed by atoms with Gasteiger partial charge in [-0.25, -0.2) is 4.79 Å². The molecule has 10 heteroatoms. The zero-order valence-corrected chi connectivity index (χ0v) is 18.9. The van der Waals surface area contributed by atoms with E-state index in [0.29, 0.717) is 25.7 Å². The highest BCUT2D eigenvalue weighted by Gasteiger charge is 2.40. The Morgan fingerprint density at radius 3 is 2.03 bits per heavy atom. The molecule has 2 rings (SSSR count). The van der Waals surface area contributed by atoms with Crippen LogP contribution in [-0.4, -0.2) is 52.1 Å². The summed E-state index contributed by atoms with van der Waals surface area (Å²) in [5, 5.41) is 18.0. The fourth-order valence-corrected chi connectivity index (χ4v) is 4.70. The summed E-state index contributed by atoms with van der Waals surface area (Å²) in [7, 11) is 0.